The van der Waals surface area contributed by atoms with E-state index in [1.54, 1.807) is 0 Å². The van der Waals surface area contributed by atoms with Crippen LogP contribution < -0.4 is 5.73 Å². The molecule has 0 bridgehead atoms. The zero-order chi connectivity index (χ0) is 15.4. The molecule has 0 aliphatic heterocycles. The van der Waals surface area contributed by atoms with Crippen LogP contribution in [0.5, 0.6) is 0 Å². The molecule has 22 heavy (non-hydrogen) atoms. The molecule has 0 amide bonds. The number of nitrogen functional groups attached to an aromatic ring is 1. The molecule has 0 atom stereocenters. The maximum absolute atomic E-state index is 5.94. The number of anilines is 1. The predicted octanol–water partition coefficient (Wildman–Crippen LogP) is 3.43. The number of rotatable bonds is 7. The van der Waals surface area contributed by atoms with Crippen molar-refractivity contribution < 1.29 is 9.47 Å². The van der Waals surface area contributed by atoms with Gasteiger partial charge in [-0.15, -0.1) is 0 Å². The van der Waals surface area contributed by atoms with E-state index in [0.717, 1.165) is 18.8 Å². The molecule has 0 unspecified atom stereocenters. The number of hydrogen-bond acceptors (Lipinski definition) is 3. The summed E-state index contributed by atoms with van der Waals surface area (Å²) in [6, 6.07) is 14.5. The van der Waals surface area contributed by atoms with Crippen molar-refractivity contribution in [1.82, 2.24) is 4.57 Å². The Balaban J connectivity index is 1.84. The molecule has 0 aliphatic carbocycles. The number of hydrogen-bond donors (Lipinski definition) is 1. The Morgan fingerprint density at radius 2 is 1.68 bits per heavy atom. The highest BCUT2D eigenvalue weighted by Gasteiger charge is 2.10. The first-order valence-corrected chi connectivity index (χ1v) is 7.73. The summed E-state index contributed by atoms with van der Waals surface area (Å²) >= 11 is 0. The summed E-state index contributed by atoms with van der Waals surface area (Å²) < 4.78 is 13.2. The van der Waals surface area contributed by atoms with Gasteiger partial charge in [0, 0.05) is 40.6 Å². The lowest BCUT2D eigenvalue weighted by Crippen LogP contribution is -2.09. The summed E-state index contributed by atoms with van der Waals surface area (Å²) in [5.74, 6) is 0. The third-order valence-corrected chi connectivity index (χ3v) is 3.83. The van der Waals surface area contributed by atoms with Gasteiger partial charge in [0.2, 0.25) is 0 Å². The summed E-state index contributed by atoms with van der Waals surface area (Å²) in [7, 11) is 0. The molecular weight excluding hydrogens is 276 g/mol. The number of ether oxygens (including phenoxy) is 2. The van der Waals surface area contributed by atoms with E-state index in [4.69, 9.17) is 15.2 Å². The van der Waals surface area contributed by atoms with Crippen molar-refractivity contribution in [3.63, 3.8) is 0 Å². The summed E-state index contributed by atoms with van der Waals surface area (Å²) in [6.45, 7) is 5.50. The Bertz CT molecular complexity index is 764. The summed E-state index contributed by atoms with van der Waals surface area (Å²) in [5.41, 5.74) is 9.16. The van der Waals surface area contributed by atoms with Crippen molar-refractivity contribution in [3.05, 3.63) is 42.5 Å². The Morgan fingerprint density at radius 3 is 2.55 bits per heavy atom. The Kier molecular flexibility index (Phi) is 4.61. The maximum atomic E-state index is 5.94. The Morgan fingerprint density at radius 1 is 0.909 bits per heavy atom. The molecule has 0 saturated heterocycles. The lowest BCUT2D eigenvalue weighted by molar-refractivity contribution is 0.0503. The minimum atomic E-state index is 0.637. The smallest absolute Gasteiger partial charge is 0.0701 e. The van der Waals surface area contributed by atoms with E-state index in [9.17, 15) is 0 Å². The zero-order valence-corrected chi connectivity index (χ0v) is 12.9. The molecule has 1 aromatic heterocycles. The first-order chi connectivity index (χ1) is 10.8. The molecule has 2 aromatic carbocycles. The van der Waals surface area contributed by atoms with Crippen LogP contribution in [0.25, 0.3) is 21.8 Å². The molecule has 0 saturated carbocycles. The first-order valence-electron chi connectivity index (χ1n) is 7.73. The fourth-order valence-corrected chi connectivity index (χ4v) is 2.83. The van der Waals surface area contributed by atoms with Crippen molar-refractivity contribution in [2.45, 2.75) is 13.5 Å². The zero-order valence-electron chi connectivity index (χ0n) is 12.9. The van der Waals surface area contributed by atoms with Gasteiger partial charge in [0.05, 0.1) is 19.8 Å². The van der Waals surface area contributed by atoms with Gasteiger partial charge < -0.3 is 19.8 Å². The van der Waals surface area contributed by atoms with Gasteiger partial charge in [0.1, 0.15) is 0 Å². The second-order valence-corrected chi connectivity index (χ2v) is 5.25. The van der Waals surface area contributed by atoms with Gasteiger partial charge in [-0.2, -0.15) is 0 Å². The molecule has 116 valence electrons. The van der Waals surface area contributed by atoms with Crippen molar-refractivity contribution in [2.24, 2.45) is 0 Å². The summed E-state index contributed by atoms with van der Waals surface area (Å²) in [4.78, 5) is 0. The van der Waals surface area contributed by atoms with Crippen LogP contribution in [0.3, 0.4) is 0 Å². The molecule has 0 spiro atoms. The third-order valence-electron chi connectivity index (χ3n) is 3.83. The van der Waals surface area contributed by atoms with Crippen LogP contribution in [0.15, 0.2) is 42.5 Å². The molecule has 3 rings (SSSR count). The first kappa shape index (κ1) is 14.9. The average Bonchev–Trinajstić information content (AvgIpc) is 2.84. The highest BCUT2D eigenvalue weighted by molar-refractivity contribution is 6.08. The van der Waals surface area contributed by atoms with Crippen molar-refractivity contribution >= 4 is 27.5 Å². The van der Waals surface area contributed by atoms with Crippen molar-refractivity contribution in [1.29, 1.82) is 0 Å². The normalized spacial score (nSPS) is 11.5. The van der Waals surface area contributed by atoms with E-state index < -0.39 is 0 Å². The van der Waals surface area contributed by atoms with E-state index in [2.05, 4.69) is 34.9 Å². The molecule has 0 aliphatic rings. The van der Waals surface area contributed by atoms with Crippen LogP contribution >= 0.6 is 0 Å². The molecule has 4 nitrogen and oxygen atoms in total. The molecule has 0 radical (unpaired) electrons. The second kappa shape index (κ2) is 6.81. The van der Waals surface area contributed by atoms with Gasteiger partial charge in [0.25, 0.3) is 0 Å². The van der Waals surface area contributed by atoms with Gasteiger partial charge in [-0.3, -0.25) is 0 Å². The molecular formula is C18H22N2O2. The van der Waals surface area contributed by atoms with Gasteiger partial charge in [0.15, 0.2) is 0 Å². The number of nitrogens with two attached hydrogens (primary N) is 1. The second-order valence-electron chi connectivity index (χ2n) is 5.25. The highest BCUT2D eigenvalue weighted by Crippen LogP contribution is 2.30. The van der Waals surface area contributed by atoms with E-state index in [1.165, 1.54) is 21.8 Å². The van der Waals surface area contributed by atoms with Crippen molar-refractivity contribution in [2.75, 3.05) is 32.2 Å². The van der Waals surface area contributed by atoms with E-state index in [-0.39, 0.29) is 0 Å². The summed E-state index contributed by atoms with van der Waals surface area (Å²) in [5, 5.41) is 2.43. The molecule has 0 fully saturated rings. The number of benzene rings is 2. The van der Waals surface area contributed by atoms with E-state index in [1.807, 2.05) is 19.1 Å². The van der Waals surface area contributed by atoms with Gasteiger partial charge in [-0.1, -0.05) is 18.2 Å². The van der Waals surface area contributed by atoms with Crippen LogP contribution in [0, 0.1) is 0 Å². The Labute approximate surface area is 130 Å². The highest BCUT2D eigenvalue weighted by atomic mass is 16.5. The van der Waals surface area contributed by atoms with Gasteiger partial charge >= 0.3 is 0 Å². The lowest BCUT2D eigenvalue weighted by atomic mass is 10.1. The monoisotopic (exact) mass is 298 g/mol. The van der Waals surface area contributed by atoms with Gasteiger partial charge in [-0.25, -0.2) is 0 Å². The number of fused-ring (bicyclic) bond motifs is 3. The van der Waals surface area contributed by atoms with Crippen LogP contribution in [-0.2, 0) is 16.0 Å². The van der Waals surface area contributed by atoms with Crippen molar-refractivity contribution in [3.8, 4) is 0 Å². The topological polar surface area (TPSA) is 49.4 Å². The number of nitrogens with zero attached hydrogens (tertiary/aromatic N) is 1. The van der Waals surface area contributed by atoms with Crippen LogP contribution in [0.4, 0.5) is 5.69 Å². The molecule has 4 heteroatoms. The lowest BCUT2D eigenvalue weighted by Gasteiger charge is -2.08. The number of aromatic nitrogens is 1. The average molecular weight is 298 g/mol. The van der Waals surface area contributed by atoms with Gasteiger partial charge in [-0.05, 0) is 31.2 Å². The Hall–Kier alpha value is -2.04. The van der Waals surface area contributed by atoms with Crippen LogP contribution in [0.2, 0.25) is 0 Å². The SMILES string of the molecule is CCOCCOCCn1c2ccccc2c2cc(N)ccc21. The molecule has 2 N–H and O–H groups in total. The molecule has 1 heterocycles. The minimum Gasteiger partial charge on any atom is -0.399 e. The van der Waals surface area contributed by atoms with Crippen LogP contribution in [0.1, 0.15) is 6.92 Å². The van der Waals surface area contributed by atoms with E-state index >= 15 is 0 Å². The minimum absolute atomic E-state index is 0.637. The fourth-order valence-electron chi connectivity index (χ4n) is 2.83. The van der Waals surface area contributed by atoms with Crippen LogP contribution in [-0.4, -0.2) is 31.0 Å². The maximum Gasteiger partial charge on any atom is 0.0701 e. The number of para-hydroxylation sites is 1. The third kappa shape index (κ3) is 2.93. The largest absolute Gasteiger partial charge is 0.399 e. The predicted molar refractivity (Wildman–Crippen MR) is 91.2 cm³/mol. The summed E-state index contributed by atoms with van der Waals surface area (Å²) in [6.07, 6.45) is 0. The standard InChI is InChI=1S/C18H22N2O2/c1-2-21-11-12-22-10-9-20-17-6-4-3-5-15(17)16-13-14(19)7-8-18(16)20/h3-8,13H,2,9-12,19H2,1H3. The van der Waals surface area contributed by atoms with E-state index in [0.29, 0.717) is 19.8 Å². The fraction of sp³-hybridized carbons (Fsp3) is 0.333. The molecule has 3 aromatic rings. The quantitative estimate of drug-likeness (QED) is 0.537.